The van der Waals surface area contributed by atoms with Crippen LogP contribution in [0.3, 0.4) is 0 Å². The van der Waals surface area contributed by atoms with Gasteiger partial charge in [0.2, 0.25) is 0 Å². The van der Waals surface area contributed by atoms with Gasteiger partial charge in [0.1, 0.15) is 0 Å². The molecule has 0 aliphatic rings. The maximum absolute atomic E-state index is 9.05. The number of benzene rings is 1. The van der Waals surface area contributed by atoms with Gasteiger partial charge in [-0.05, 0) is 19.1 Å². The third kappa shape index (κ3) is 2.85. The van der Waals surface area contributed by atoms with E-state index in [0.29, 0.717) is 0 Å². The van der Waals surface area contributed by atoms with Gasteiger partial charge in [0.05, 0.1) is 6.61 Å². The Hall–Kier alpha value is -1.81. The monoisotopic (exact) mass is 231 g/mol. The molecule has 0 saturated carbocycles. The molecule has 3 N–H and O–H groups in total. The first-order valence-electron chi connectivity index (χ1n) is 5.69. The van der Waals surface area contributed by atoms with Crippen LogP contribution in [0.1, 0.15) is 24.1 Å². The molecule has 0 spiro atoms. The Morgan fingerprint density at radius 3 is 2.71 bits per heavy atom. The van der Waals surface area contributed by atoms with Crippen molar-refractivity contribution in [3.8, 4) is 0 Å². The fourth-order valence-electron chi connectivity index (χ4n) is 1.54. The van der Waals surface area contributed by atoms with E-state index in [1.807, 2.05) is 37.3 Å². The SMILES string of the molecule is Cc1ccc(Nc2cc(C(C)CO)[nH]n2)cc1. The summed E-state index contributed by atoms with van der Waals surface area (Å²) in [6.45, 7) is 4.12. The molecular weight excluding hydrogens is 214 g/mol. The van der Waals surface area contributed by atoms with Gasteiger partial charge >= 0.3 is 0 Å². The van der Waals surface area contributed by atoms with Gasteiger partial charge in [0.25, 0.3) is 0 Å². The molecule has 0 aliphatic heterocycles. The van der Waals surface area contributed by atoms with E-state index < -0.39 is 0 Å². The molecular formula is C13H17N3O. The minimum atomic E-state index is 0.0797. The molecule has 0 bridgehead atoms. The fourth-order valence-corrected chi connectivity index (χ4v) is 1.54. The lowest BCUT2D eigenvalue weighted by Gasteiger charge is -2.03. The number of aryl methyl sites for hydroxylation is 1. The number of hydrogen-bond acceptors (Lipinski definition) is 3. The predicted octanol–water partition coefficient (Wildman–Crippen LogP) is 2.56. The van der Waals surface area contributed by atoms with E-state index in [4.69, 9.17) is 5.11 Å². The second-order valence-electron chi connectivity index (χ2n) is 4.28. The number of H-pyrrole nitrogens is 1. The molecule has 1 unspecified atom stereocenters. The molecule has 1 atom stereocenters. The van der Waals surface area contributed by atoms with Crippen LogP contribution >= 0.6 is 0 Å². The summed E-state index contributed by atoms with van der Waals surface area (Å²) in [4.78, 5) is 0. The number of hydrogen-bond donors (Lipinski definition) is 3. The molecule has 0 amide bonds. The summed E-state index contributed by atoms with van der Waals surface area (Å²) in [5.41, 5.74) is 3.17. The molecule has 4 heteroatoms. The summed E-state index contributed by atoms with van der Waals surface area (Å²) in [5.74, 6) is 0.847. The van der Waals surface area contributed by atoms with Crippen LogP contribution in [0.25, 0.3) is 0 Å². The number of aliphatic hydroxyl groups is 1. The van der Waals surface area contributed by atoms with Crippen LogP contribution in [0.5, 0.6) is 0 Å². The topological polar surface area (TPSA) is 60.9 Å². The second-order valence-corrected chi connectivity index (χ2v) is 4.28. The third-order valence-electron chi connectivity index (χ3n) is 2.73. The number of aromatic amines is 1. The Morgan fingerprint density at radius 1 is 1.35 bits per heavy atom. The van der Waals surface area contributed by atoms with Gasteiger partial charge in [0, 0.05) is 23.4 Å². The van der Waals surface area contributed by atoms with Crippen molar-refractivity contribution in [1.82, 2.24) is 10.2 Å². The van der Waals surface area contributed by atoms with Crippen molar-refractivity contribution in [2.45, 2.75) is 19.8 Å². The lowest BCUT2D eigenvalue weighted by atomic mass is 10.1. The molecule has 0 aliphatic carbocycles. The molecule has 2 rings (SSSR count). The average molecular weight is 231 g/mol. The van der Waals surface area contributed by atoms with Gasteiger partial charge in [-0.25, -0.2) is 0 Å². The highest BCUT2D eigenvalue weighted by atomic mass is 16.3. The van der Waals surface area contributed by atoms with Crippen LogP contribution in [-0.4, -0.2) is 21.9 Å². The molecule has 1 heterocycles. The molecule has 4 nitrogen and oxygen atoms in total. The van der Waals surface area contributed by atoms with Crippen molar-refractivity contribution in [2.75, 3.05) is 11.9 Å². The van der Waals surface area contributed by atoms with E-state index in [1.165, 1.54) is 5.56 Å². The summed E-state index contributed by atoms with van der Waals surface area (Å²) in [6, 6.07) is 10.0. The lowest BCUT2D eigenvalue weighted by molar-refractivity contribution is 0.271. The van der Waals surface area contributed by atoms with Gasteiger partial charge in [-0.15, -0.1) is 0 Å². The minimum absolute atomic E-state index is 0.0797. The smallest absolute Gasteiger partial charge is 0.152 e. The summed E-state index contributed by atoms with van der Waals surface area (Å²) in [5, 5.41) is 19.3. The second kappa shape index (κ2) is 5.01. The van der Waals surface area contributed by atoms with Crippen molar-refractivity contribution in [2.24, 2.45) is 0 Å². The number of nitrogens with zero attached hydrogens (tertiary/aromatic N) is 1. The van der Waals surface area contributed by atoms with Gasteiger partial charge in [0.15, 0.2) is 5.82 Å². The number of aliphatic hydroxyl groups excluding tert-OH is 1. The maximum atomic E-state index is 9.05. The zero-order chi connectivity index (χ0) is 12.3. The van der Waals surface area contributed by atoms with Crippen LogP contribution in [0.15, 0.2) is 30.3 Å². The molecule has 90 valence electrons. The molecule has 1 aromatic heterocycles. The van der Waals surface area contributed by atoms with E-state index in [-0.39, 0.29) is 12.5 Å². The van der Waals surface area contributed by atoms with Crippen molar-refractivity contribution in [3.05, 3.63) is 41.6 Å². The first-order valence-corrected chi connectivity index (χ1v) is 5.69. The summed E-state index contributed by atoms with van der Waals surface area (Å²) < 4.78 is 0. The Balaban J connectivity index is 2.08. The van der Waals surface area contributed by atoms with Gasteiger partial charge in [-0.2, -0.15) is 5.10 Å². The number of anilines is 2. The van der Waals surface area contributed by atoms with Gasteiger partial charge < -0.3 is 10.4 Å². The van der Waals surface area contributed by atoms with Crippen LogP contribution in [-0.2, 0) is 0 Å². The normalized spacial score (nSPS) is 12.4. The highest BCUT2D eigenvalue weighted by Crippen LogP contribution is 2.19. The molecule has 1 aromatic carbocycles. The summed E-state index contributed by atoms with van der Waals surface area (Å²) >= 11 is 0. The zero-order valence-electron chi connectivity index (χ0n) is 10.1. The van der Waals surface area contributed by atoms with Crippen molar-refractivity contribution in [3.63, 3.8) is 0 Å². The largest absolute Gasteiger partial charge is 0.396 e. The van der Waals surface area contributed by atoms with Gasteiger partial charge in [-0.3, -0.25) is 5.10 Å². The van der Waals surface area contributed by atoms with Crippen LogP contribution in [0.4, 0.5) is 11.5 Å². The molecule has 2 aromatic rings. The molecule has 0 saturated heterocycles. The van der Waals surface area contributed by atoms with Crippen LogP contribution in [0.2, 0.25) is 0 Å². The molecule has 0 fully saturated rings. The zero-order valence-corrected chi connectivity index (χ0v) is 10.1. The van der Waals surface area contributed by atoms with E-state index >= 15 is 0 Å². The fraction of sp³-hybridized carbons (Fsp3) is 0.308. The van der Waals surface area contributed by atoms with Gasteiger partial charge in [-0.1, -0.05) is 24.6 Å². The Bertz CT molecular complexity index is 476. The highest BCUT2D eigenvalue weighted by molar-refractivity contribution is 5.56. The van der Waals surface area contributed by atoms with Crippen molar-refractivity contribution >= 4 is 11.5 Å². The van der Waals surface area contributed by atoms with Crippen molar-refractivity contribution in [1.29, 1.82) is 0 Å². The van der Waals surface area contributed by atoms with Crippen LogP contribution in [0, 0.1) is 6.92 Å². The van der Waals surface area contributed by atoms with Crippen molar-refractivity contribution < 1.29 is 5.11 Å². The first kappa shape index (κ1) is 11.7. The quantitative estimate of drug-likeness (QED) is 0.757. The first-order chi connectivity index (χ1) is 8.19. The van der Waals surface area contributed by atoms with E-state index in [2.05, 4.69) is 22.4 Å². The van der Waals surface area contributed by atoms with Crippen LogP contribution < -0.4 is 5.32 Å². The Kier molecular flexibility index (Phi) is 3.44. The summed E-state index contributed by atoms with van der Waals surface area (Å²) in [7, 11) is 0. The average Bonchev–Trinajstić information content (AvgIpc) is 2.80. The molecule has 17 heavy (non-hydrogen) atoms. The van der Waals surface area contributed by atoms with E-state index in [0.717, 1.165) is 17.2 Å². The maximum Gasteiger partial charge on any atom is 0.152 e. The lowest BCUT2D eigenvalue weighted by Crippen LogP contribution is -1.98. The number of aromatic nitrogens is 2. The Labute approximate surface area is 101 Å². The van der Waals surface area contributed by atoms with E-state index in [1.54, 1.807) is 0 Å². The highest BCUT2D eigenvalue weighted by Gasteiger charge is 2.07. The number of nitrogens with one attached hydrogen (secondary N) is 2. The number of rotatable bonds is 4. The predicted molar refractivity (Wildman–Crippen MR) is 68.6 cm³/mol. The molecule has 0 radical (unpaired) electrons. The Morgan fingerprint density at radius 2 is 2.06 bits per heavy atom. The minimum Gasteiger partial charge on any atom is -0.396 e. The van der Waals surface area contributed by atoms with E-state index in [9.17, 15) is 0 Å². The third-order valence-corrected chi connectivity index (χ3v) is 2.73. The summed E-state index contributed by atoms with van der Waals surface area (Å²) in [6.07, 6.45) is 0. The standard InChI is InChI=1S/C13H17N3O/c1-9-3-5-11(6-4-9)14-13-7-12(15-16-13)10(2)8-17/h3-7,10,17H,8H2,1-2H3,(H2,14,15,16).